The summed E-state index contributed by atoms with van der Waals surface area (Å²) in [5.41, 5.74) is 7.14. The van der Waals surface area contributed by atoms with Crippen LogP contribution in [-0.2, 0) is 6.42 Å². The molecule has 0 saturated heterocycles. The Morgan fingerprint density at radius 3 is 3.23 bits per heavy atom. The molecule has 2 rings (SSSR count). The maximum Gasteiger partial charge on any atom is 0.0484 e. The first kappa shape index (κ1) is 8.28. The van der Waals surface area contributed by atoms with Crippen LogP contribution in [0.4, 0.5) is 0 Å². The molecule has 1 aliphatic rings. The van der Waals surface area contributed by atoms with E-state index in [1.807, 2.05) is 25.3 Å². The Morgan fingerprint density at radius 1 is 1.46 bits per heavy atom. The van der Waals surface area contributed by atoms with E-state index < -0.39 is 0 Å². The molecule has 1 aliphatic carbocycles. The van der Waals surface area contributed by atoms with Crippen molar-refractivity contribution in [1.29, 1.82) is 0 Å². The topological polar surface area (TPSA) is 12.9 Å². The van der Waals surface area contributed by atoms with Crippen molar-refractivity contribution in [1.82, 2.24) is 4.98 Å². The molecule has 0 aromatic carbocycles. The van der Waals surface area contributed by atoms with Crippen LogP contribution in [0.5, 0.6) is 0 Å². The summed E-state index contributed by atoms with van der Waals surface area (Å²) < 4.78 is 0. The number of hydrogen-bond donors (Lipinski definition) is 0. The lowest BCUT2D eigenvalue weighted by molar-refractivity contribution is 0.794. The highest BCUT2D eigenvalue weighted by Gasteiger charge is 2.13. The molecule has 0 spiro atoms. The van der Waals surface area contributed by atoms with Gasteiger partial charge in [0, 0.05) is 23.0 Å². The summed E-state index contributed by atoms with van der Waals surface area (Å²) >= 11 is 0. The fraction of sp³-hybridized carbons (Fsp3) is 0.333. The average molecular weight is 171 g/mol. The van der Waals surface area contributed by atoms with Gasteiger partial charge in [0.15, 0.2) is 0 Å². The lowest BCUT2D eigenvalue weighted by atomic mass is 9.91. The Kier molecular flexibility index (Phi) is 2.29. The normalized spacial score (nSPS) is 14.7. The van der Waals surface area contributed by atoms with Gasteiger partial charge in [0.2, 0.25) is 0 Å². The number of nitrogens with zero attached hydrogens (tertiary/aromatic N) is 1. The van der Waals surface area contributed by atoms with Gasteiger partial charge in [-0.1, -0.05) is 6.07 Å². The number of pyridine rings is 1. The summed E-state index contributed by atoms with van der Waals surface area (Å²) in [6.07, 6.45) is 7.32. The average Bonchev–Trinajstić information content (AvgIpc) is 2.19. The third-order valence-corrected chi connectivity index (χ3v) is 2.37. The molecule has 1 aromatic heterocycles. The highest BCUT2D eigenvalue weighted by Crippen LogP contribution is 2.27. The van der Waals surface area contributed by atoms with E-state index in [1.54, 1.807) is 0 Å². The lowest BCUT2D eigenvalue weighted by Gasteiger charge is -2.15. The molecule has 0 fully saturated rings. The minimum atomic E-state index is 1.12. The number of aromatic nitrogens is 1. The van der Waals surface area contributed by atoms with Crippen molar-refractivity contribution >= 4 is 5.57 Å². The summed E-state index contributed by atoms with van der Waals surface area (Å²) in [4.78, 5) is 4.38. The molecule has 1 aromatic rings. The van der Waals surface area contributed by atoms with Crippen LogP contribution in [0.3, 0.4) is 0 Å². The van der Waals surface area contributed by atoms with Crippen LogP contribution in [0.15, 0.2) is 30.1 Å². The van der Waals surface area contributed by atoms with Crippen LogP contribution in [0.2, 0.25) is 0 Å². The number of hydrogen-bond acceptors (Lipinski definition) is 1. The van der Waals surface area contributed by atoms with Crippen LogP contribution in [0.1, 0.15) is 31.0 Å². The maximum absolute atomic E-state index is 4.38. The van der Waals surface area contributed by atoms with Crippen molar-refractivity contribution in [2.75, 3.05) is 0 Å². The summed E-state index contributed by atoms with van der Waals surface area (Å²) in [6.45, 7) is 2.01. The van der Waals surface area contributed by atoms with E-state index in [2.05, 4.69) is 16.8 Å². The van der Waals surface area contributed by atoms with Gasteiger partial charge in [-0.25, -0.2) is 0 Å². The van der Waals surface area contributed by atoms with Gasteiger partial charge in [-0.15, -0.1) is 5.73 Å². The van der Waals surface area contributed by atoms with Crippen molar-refractivity contribution in [3.63, 3.8) is 0 Å². The van der Waals surface area contributed by atoms with Gasteiger partial charge in [-0.05, 0) is 38.3 Å². The highest BCUT2D eigenvalue weighted by atomic mass is 14.7. The van der Waals surface area contributed by atoms with Crippen molar-refractivity contribution in [2.45, 2.75) is 26.2 Å². The van der Waals surface area contributed by atoms with Crippen LogP contribution >= 0.6 is 0 Å². The summed E-state index contributed by atoms with van der Waals surface area (Å²) in [6, 6.07) is 4.15. The van der Waals surface area contributed by atoms with Gasteiger partial charge in [-0.2, -0.15) is 0 Å². The van der Waals surface area contributed by atoms with Crippen LogP contribution in [0, 0.1) is 0 Å². The minimum Gasteiger partial charge on any atom is -0.261 e. The number of allylic oxidation sites excluding steroid dienone is 1. The predicted octanol–water partition coefficient (Wildman–Crippen LogP) is 2.98. The van der Waals surface area contributed by atoms with E-state index in [9.17, 15) is 0 Å². The Morgan fingerprint density at radius 2 is 2.38 bits per heavy atom. The van der Waals surface area contributed by atoms with Gasteiger partial charge < -0.3 is 0 Å². The standard InChI is InChI=1S/C12H13N/c1-2-5-10-6-3-8-12-11(10)7-4-9-13-12/h2,4,7,9H,3,6,8H2,1H3. The highest BCUT2D eigenvalue weighted by molar-refractivity contribution is 5.68. The zero-order chi connectivity index (χ0) is 9.10. The van der Waals surface area contributed by atoms with Gasteiger partial charge in [-0.3, -0.25) is 4.98 Å². The number of rotatable bonds is 0. The van der Waals surface area contributed by atoms with Gasteiger partial charge in [0.25, 0.3) is 0 Å². The summed E-state index contributed by atoms with van der Waals surface area (Å²) in [5, 5.41) is 0. The molecular formula is C12H13N. The predicted molar refractivity (Wildman–Crippen MR) is 54.3 cm³/mol. The van der Waals surface area contributed by atoms with Crippen molar-refractivity contribution < 1.29 is 0 Å². The van der Waals surface area contributed by atoms with Gasteiger partial charge in [0.05, 0.1) is 0 Å². The van der Waals surface area contributed by atoms with E-state index >= 15 is 0 Å². The zero-order valence-corrected chi connectivity index (χ0v) is 7.88. The summed E-state index contributed by atoms with van der Waals surface area (Å²) in [5.74, 6) is 0. The molecular weight excluding hydrogens is 158 g/mol. The molecule has 1 heteroatoms. The molecule has 0 bridgehead atoms. The van der Waals surface area contributed by atoms with Crippen molar-refractivity contribution in [2.24, 2.45) is 0 Å². The van der Waals surface area contributed by atoms with Gasteiger partial charge in [0.1, 0.15) is 0 Å². The maximum atomic E-state index is 4.38. The molecule has 0 unspecified atom stereocenters. The Balaban J connectivity index is 2.55. The van der Waals surface area contributed by atoms with E-state index in [-0.39, 0.29) is 0 Å². The molecule has 0 N–H and O–H groups in total. The van der Waals surface area contributed by atoms with Crippen molar-refractivity contribution in [3.05, 3.63) is 41.4 Å². The van der Waals surface area contributed by atoms with Crippen molar-refractivity contribution in [3.8, 4) is 0 Å². The molecule has 1 heterocycles. The first-order chi connectivity index (χ1) is 6.42. The SMILES string of the molecule is CC=C=C1CCCc2ncccc21. The second kappa shape index (κ2) is 3.59. The number of aryl methyl sites for hydroxylation is 1. The smallest absolute Gasteiger partial charge is 0.0484 e. The molecule has 0 amide bonds. The molecule has 1 nitrogen and oxygen atoms in total. The summed E-state index contributed by atoms with van der Waals surface area (Å²) in [7, 11) is 0. The third-order valence-electron chi connectivity index (χ3n) is 2.37. The second-order valence-electron chi connectivity index (χ2n) is 3.26. The fourth-order valence-electron chi connectivity index (χ4n) is 1.80. The molecule has 0 atom stereocenters. The Hall–Kier alpha value is -1.33. The number of fused-ring (bicyclic) bond motifs is 1. The minimum absolute atomic E-state index is 1.12. The molecule has 66 valence electrons. The third kappa shape index (κ3) is 1.56. The monoisotopic (exact) mass is 171 g/mol. The first-order valence-corrected chi connectivity index (χ1v) is 4.76. The molecule has 0 aliphatic heterocycles. The molecule has 0 radical (unpaired) electrons. The van der Waals surface area contributed by atoms with E-state index in [0.29, 0.717) is 0 Å². The fourth-order valence-corrected chi connectivity index (χ4v) is 1.80. The Bertz CT molecular complexity index is 370. The van der Waals surface area contributed by atoms with E-state index in [4.69, 9.17) is 0 Å². The first-order valence-electron chi connectivity index (χ1n) is 4.76. The van der Waals surface area contributed by atoms with Gasteiger partial charge >= 0.3 is 0 Å². The van der Waals surface area contributed by atoms with E-state index in [0.717, 1.165) is 12.8 Å². The largest absolute Gasteiger partial charge is 0.261 e. The second-order valence-corrected chi connectivity index (χ2v) is 3.26. The lowest BCUT2D eigenvalue weighted by Crippen LogP contribution is -2.02. The quantitative estimate of drug-likeness (QED) is 0.547. The van der Waals surface area contributed by atoms with Crippen LogP contribution in [0.25, 0.3) is 5.57 Å². The van der Waals surface area contributed by atoms with E-state index in [1.165, 1.54) is 23.3 Å². The molecule has 13 heavy (non-hydrogen) atoms. The molecule has 0 saturated carbocycles. The Labute approximate surface area is 78.8 Å². The van der Waals surface area contributed by atoms with Crippen LogP contribution < -0.4 is 0 Å². The van der Waals surface area contributed by atoms with Crippen LogP contribution in [-0.4, -0.2) is 4.98 Å². The zero-order valence-electron chi connectivity index (χ0n) is 7.88.